The molecule has 1 aliphatic carbocycles. The van der Waals surface area contributed by atoms with Gasteiger partial charge in [-0.05, 0) is 31.6 Å². The van der Waals surface area contributed by atoms with Gasteiger partial charge in [0.2, 0.25) is 0 Å². The molecule has 0 aromatic heterocycles. The van der Waals surface area contributed by atoms with Crippen molar-refractivity contribution >= 4 is 5.97 Å². The fraction of sp³-hybridized carbons (Fsp3) is 0.938. The molecule has 0 radical (unpaired) electrons. The molecule has 0 heterocycles. The molecule has 3 heteroatoms. The second-order valence-corrected chi connectivity index (χ2v) is 6.51. The van der Waals surface area contributed by atoms with Crippen molar-refractivity contribution < 1.29 is 9.53 Å². The number of esters is 1. The lowest BCUT2D eigenvalue weighted by Gasteiger charge is -2.36. The van der Waals surface area contributed by atoms with Gasteiger partial charge in [-0.3, -0.25) is 4.79 Å². The van der Waals surface area contributed by atoms with Crippen LogP contribution in [-0.2, 0) is 9.53 Å². The highest BCUT2D eigenvalue weighted by molar-refractivity contribution is 5.77. The van der Waals surface area contributed by atoms with E-state index in [4.69, 9.17) is 10.5 Å². The van der Waals surface area contributed by atoms with E-state index in [-0.39, 0.29) is 5.97 Å². The second kappa shape index (κ2) is 7.88. The summed E-state index contributed by atoms with van der Waals surface area (Å²) in [5.74, 6) is 1.05. The van der Waals surface area contributed by atoms with Gasteiger partial charge in [-0.1, -0.05) is 46.0 Å². The largest absolute Gasteiger partial charge is 0.466 e. The van der Waals surface area contributed by atoms with E-state index in [1.165, 1.54) is 32.1 Å². The molecule has 0 saturated heterocycles. The quantitative estimate of drug-likeness (QED) is 0.720. The lowest BCUT2D eigenvalue weighted by Crippen LogP contribution is -2.43. The van der Waals surface area contributed by atoms with Crippen LogP contribution in [0.2, 0.25) is 0 Å². The molecule has 19 heavy (non-hydrogen) atoms. The standard InChI is InChI=1S/C16H31NO2/c1-4-19-15(18)16(12-17,10-13(2)3)11-14-8-6-5-7-9-14/h13-14H,4-12,17H2,1-3H3. The summed E-state index contributed by atoms with van der Waals surface area (Å²) in [5.41, 5.74) is 5.55. The van der Waals surface area contributed by atoms with E-state index in [1.807, 2.05) is 6.92 Å². The molecule has 1 unspecified atom stereocenters. The van der Waals surface area contributed by atoms with Gasteiger partial charge in [0.1, 0.15) is 0 Å². The van der Waals surface area contributed by atoms with Crippen LogP contribution in [0.5, 0.6) is 0 Å². The Kier molecular flexibility index (Phi) is 6.84. The third-order valence-electron chi connectivity index (χ3n) is 4.30. The summed E-state index contributed by atoms with van der Waals surface area (Å²) in [6, 6.07) is 0. The second-order valence-electron chi connectivity index (χ2n) is 6.51. The first-order chi connectivity index (χ1) is 9.04. The molecule has 2 N–H and O–H groups in total. The molecular formula is C16H31NO2. The Bertz CT molecular complexity index is 272. The van der Waals surface area contributed by atoms with Gasteiger partial charge in [0.15, 0.2) is 0 Å². The zero-order valence-corrected chi connectivity index (χ0v) is 12.9. The van der Waals surface area contributed by atoms with Crippen molar-refractivity contribution in [3.63, 3.8) is 0 Å². The minimum Gasteiger partial charge on any atom is -0.466 e. The van der Waals surface area contributed by atoms with Crippen LogP contribution in [-0.4, -0.2) is 19.1 Å². The molecule has 0 aliphatic heterocycles. The highest BCUT2D eigenvalue weighted by atomic mass is 16.5. The molecule has 0 aromatic carbocycles. The first-order valence-electron chi connectivity index (χ1n) is 7.91. The Morgan fingerprint density at radius 1 is 1.32 bits per heavy atom. The normalized spacial score (nSPS) is 20.3. The van der Waals surface area contributed by atoms with Gasteiger partial charge in [0.05, 0.1) is 12.0 Å². The number of rotatable bonds is 7. The fourth-order valence-corrected chi connectivity index (χ4v) is 3.51. The first-order valence-corrected chi connectivity index (χ1v) is 7.91. The third kappa shape index (κ3) is 4.79. The molecule has 0 bridgehead atoms. The Morgan fingerprint density at radius 2 is 1.95 bits per heavy atom. The lowest BCUT2D eigenvalue weighted by atomic mass is 9.70. The Labute approximate surface area is 118 Å². The van der Waals surface area contributed by atoms with E-state index in [0.717, 1.165) is 12.8 Å². The topological polar surface area (TPSA) is 52.3 Å². The number of carbonyl (C=O) groups is 1. The van der Waals surface area contributed by atoms with Crippen LogP contribution < -0.4 is 5.73 Å². The number of ether oxygens (including phenoxy) is 1. The zero-order valence-electron chi connectivity index (χ0n) is 12.9. The van der Waals surface area contributed by atoms with Gasteiger partial charge >= 0.3 is 5.97 Å². The van der Waals surface area contributed by atoms with Crippen molar-refractivity contribution in [1.29, 1.82) is 0 Å². The lowest BCUT2D eigenvalue weighted by molar-refractivity contribution is -0.157. The predicted octanol–water partition coefficient (Wildman–Crippen LogP) is 3.51. The van der Waals surface area contributed by atoms with Crippen LogP contribution >= 0.6 is 0 Å². The molecule has 0 spiro atoms. The maximum absolute atomic E-state index is 12.4. The van der Waals surface area contributed by atoms with Crippen molar-refractivity contribution in [2.45, 2.75) is 65.7 Å². The van der Waals surface area contributed by atoms with Crippen LogP contribution in [0.3, 0.4) is 0 Å². The van der Waals surface area contributed by atoms with Crippen molar-refractivity contribution in [3.05, 3.63) is 0 Å². The Hall–Kier alpha value is -0.570. The van der Waals surface area contributed by atoms with Crippen molar-refractivity contribution in [1.82, 2.24) is 0 Å². The molecule has 1 atom stereocenters. The van der Waals surface area contributed by atoms with Gasteiger partial charge in [0.25, 0.3) is 0 Å². The maximum atomic E-state index is 12.4. The van der Waals surface area contributed by atoms with Gasteiger partial charge < -0.3 is 10.5 Å². The van der Waals surface area contributed by atoms with E-state index < -0.39 is 5.41 Å². The van der Waals surface area contributed by atoms with Crippen LogP contribution in [0, 0.1) is 17.3 Å². The van der Waals surface area contributed by atoms with Crippen LogP contribution in [0.1, 0.15) is 65.7 Å². The fourth-order valence-electron chi connectivity index (χ4n) is 3.51. The average Bonchev–Trinajstić information content (AvgIpc) is 2.38. The molecular weight excluding hydrogens is 238 g/mol. The summed E-state index contributed by atoms with van der Waals surface area (Å²) in [4.78, 5) is 12.4. The zero-order chi connectivity index (χ0) is 14.3. The van der Waals surface area contributed by atoms with E-state index >= 15 is 0 Å². The van der Waals surface area contributed by atoms with Gasteiger partial charge in [-0.25, -0.2) is 0 Å². The highest BCUT2D eigenvalue weighted by Crippen LogP contribution is 2.39. The van der Waals surface area contributed by atoms with Crippen LogP contribution in [0.25, 0.3) is 0 Å². The van der Waals surface area contributed by atoms with Crippen molar-refractivity contribution in [3.8, 4) is 0 Å². The van der Waals surface area contributed by atoms with Crippen LogP contribution in [0.4, 0.5) is 0 Å². The number of carbonyl (C=O) groups excluding carboxylic acids is 1. The molecule has 1 saturated carbocycles. The summed E-state index contributed by atoms with van der Waals surface area (Å²) in [6.07, 6.45) is 8.21. The smallest absolute Gasteiger partial charge is 0.313 e. The summed E-state index contributed by atoms with van der Waals surface area (Å²) < 4.78 is 5.32. The van der Waals surface area contributed by atoms with E-state index in [1.54, 1.807) is 0 Å². The number of nitrogens with two attached hydrogens (primary N) is 1. The first kappa shape index (κ1) is 16.5. The minimum absolute atomic E-state index is 0.0724. The Morgan fingerprint density at radius 3 is 2.42 bits per heavy atom. The molecule has 1 rings (SSSR count). The van der Waals surface area contributed by atoms with Gasteiger partial charge in [-0.15, -0.1) is 0 Å². The van der Waals surface area contributed by atoms with Gasteiger partial charge in [-0.2, -0.15) is 0 Å². The average molecular weight is 269 g/mol. The Balaban J connectivity index is 2.78. The number of hydrogen-bond donors (Lipinski definition) is 1. The summed E-state index contributed by atoms with van der Waals surface area (Å²) in [6.45, 7) is 7.05. The van der Waals surface area contributed by atoms with Crippen LogP contribution in [0.15, 0.2) is 0 Å². The number of hydrogen-bond acceptors (Lipinski definition) is 3. The minimum atomic E-state index is -0.452. The molecule has 0 amide bonds. The van der Waals surface area contributed by atoms with Gasteiger partial charge in [0, 0.05) is 6.54 Å². The van der Waals surface area contributed by atoms with E-state index in [2.05, 4.69) is 13.8 Å². The molecule has 0 aromatic rings. The monoisotopic (exact) mass is 269 g/mol. The molecule has 1 aliphatic rings. The SMILES string of the molecule is CCOC(=O)C(CN)(CC(C)C)CC1CCCCC1. The van der Waals surface area contributed by atoms with E-state index in [9.17, 15) is 4.79 Å². The van der Waals surface area contributed by atoms with E-state index in [0.29, 0.717) is 25.0 Å². The molecule has 3 nitrogen and oxygen atoms in total. The van der Waals surface area contributed by atoms with Crippen molar-refractivity contribution in [2.75, 3.05) is 13.2 Å². The summed E-state index contributed by atoms with van der Waals surface area (Å²) in [5, 5.41) is 0. The molecule has 1 fully saturated rings. The summed E-state index contributed by atoms with van der Waals surface area (Å²) in [7, 11) is 0. The summed E-state index contributed by atoms with van der Waals surface area (Å²) >= 11 is 0. The maximum Gasteiger partial charge on any atom is 0.313 e. The highest BCUT2D eigenvalue weighted by Gasteiger charge is 2.41. The van der Waals surface area contributed by atoms with Crippen molar-refractivity contribution in [2.24, 2.45) is 23.0 Å². The molecule has 112 valence electrons. The predicted molar refractivity (Wildman–Crippen MR) is 78.8 cm³/mol. The third-order valence-corrected chi connectivity index (χ3v) is 4.30.